The van der Waals surface area contributed by atoms with E-state index in [1.807, 2.05) is 36.5 Å². The van der Waals surface area contributed by atoms with Crippen LogP contribution >= 0.6 is 11.3 Å². The molecule has 27 heavy (non-hydrogen) atoms. The molecule has 3 heterocycles. The van der Waals surface area contributed by atoms with Gasteiger partial charge in [0.2, 0.25) is 5.82 Å². The molecule has 0 spiro atoms. The van der Waals surface area contributed by atoms with E-state index in [9.17, 15) is 4.79 Å². The summed E-state index contributed by atoms with van der Waals surface area (Å²) in [6.45, 7) is 3.80. The zero-order valence-corrected chi connectivity index (χ0v) is 15.8. The predicted molar refractivity (Wildman–Crippen MR) is 104 cm³/mol. The number of carbonyl (C=O) groups is 1. The van der Waals surface area contributed by atoms with Gasteiger partial charge in [0, 0.05) is 16.6 Å². The van der Waals surface area contributed by atoms with Crippen LogP contribution in [0.25, 0.3) is 11.4 Å². The van der Waals surface area contributed by atoms with Gasteiger partial charge in [-0.15, -0.1) is 21.5 Å². The number of nitrogens with one attached hydrogen (secondary N) is 2. The predicted octanol–water partition coefficient (Wildman–Crippen LogP) is 2.46. The standard InChI is InChI=1S/C18H21N7OS/c1-12(25-23-16(22-24-25)14-5-3-2-4-6-14)17(26)21-18-20-11-15(27-18)13-7-9-19-10-8-13/h2-6,11-13,19H,7-10H2,1H3,(H,20,21,26). The third kappa shape index (κ3) is 4.04. The van der Waals surface area contributed by atoms with Gasteiger partial charge in [-0.1, -0.05) is 30.3 Å². The van der Waals surface area contributed by atoms with E-state index in [0.29, 0.717) is 16.9 Å². The normalized spacial score (nSPS) is 16.2. The van der Waals surface area contributed by atoms with Gasteiger partial charge < -0.3 is 10.6 Å². The van der Waals surface area contributed by atoms with Crippen LogP contribution < -0.4 is 10.6 Å². The lowest BCUT2D eigenvalue weighted by molar-refractivity contribution is -0.119. The number of tetrazole rings is 1. The average Bonchev–Trinajstić information content (AvgIpc) is 3.39. The van der Waals surface area contributed by atoms with E-state index in [4.69, 9.17) is 0 Å². The molecule has 0 bridgehead atoms. The fourth-order valence-corrected chi connectivity index (χ4v) is 4.03. The first kappa shape index (κ1) is 17.7. The maximum absolute atomic E-state index is 12.6. The first-order valence-electron chi connectivity index (χ1n) is 9.03. The minimum absolute atomic E-state index is 0.210. The van der Waals surface area contributed by atoms with Crippen LogP contribution in [0.15, 0.2) is 36.5 Å². The van der Waals surface area contributed by atoms with Crippen molar-refractivity contribution in [2.24, 2.45) is 0 Å². The second-order valence-corrected chi connectivity index (χ2v) is 7.62. The number of thiazole rings is 1. The van der Waals surface area contributed by atoms with Gasteiger partial charge >= 0.3 is 0 Å². The maximum atomic E-state index is 12.6. The van der Waals surface area contributed by atoms with Crippen molar-refractivity contribution in [1.29, 1.82) is 0 Å². The molecule has 8 nitrogen and oxygen atoms in total. The van der Waals surface area contributed by atoms with Gasteiger partial charge in [0.15, 0.2) is 5.13 Å². The summed E-state index contributed by atoms with van der Waals surface area (Å²) >= 11 is 1.55. The molecule has 140 valence electrons. The highest BCUT2D eigenvalue weighted by molar-refractivity contribution is 7.15. The van der Waals surface area contributed by atoms with Gasteiger partial charge in [0.1, 0.15) is 6.04 Å². The topological polar surface area (TPSA) is 97.6 Å². The number of aromatic nitrogens is 5. The summed E-state index contributed by atoms with van der Waals surface area (Å²) in [5.74, 6) is 0.813. The average molecular weight is 383 g/mol. The fraction of sp³-hybridized carbons (Fsp3) is 0.389. The van der Waals surface area contributed by atoms with Gasteiger partial charge in [-0.05, 0) is 44.0 Å². The van der Waals surface area contributed by atoms with Crippen molar-refractivity contribution in [3.8, 4) is 11.4 Å². The minimum Gasteiger partial charge on any atom is -0.317 e. The van der Waals surface area contributed by atoms with Crippen LogP contribution in [0.1, 0.15) is 36.6 Å². The number of piperidine rings is 1. The number of nitrogens with zero attached hydrogens (tertiary/aromatic N) is 5. The Kier molecular flexibility index (Phi) is 5.21. The van der Waals surface area contributed by atoms with Crippen molar-refractivity contribution in [2.75, 3.05) is 18.4 Å². The number of hydrogen-bond donors (Lipinski definition) is 2. The van der Waals surface area contributed by atoms with Crippen molar-refractivity contribution < 1.29 is 4.79 Å². The van der Waals surface area contributed by atoms with E-state index >= 15 is 0 Å². The highest BCUT2D eigenvalue weighted by atomic mass is 32.1. The summed E-state index contributed by atoms with van der Waals surface area (Å²) in [5, 5.41) is 19.3. The molecule has 1 aliphatic rings. The molecule has 3 aromatic rings. The van der Waals surface area contributed by atoms with E-state index in [2.05, 4.69) is 31.0 Å². The van der Waals surface area contributed by atoms with Crippen LogP contribution in [0.3, 0.4) is 0 Å². The molecule has 1 saturated heterocycles. The summed E-state index contributed by atoms with van der Waals surface area (Å²) in [6.07, 6.45) is 4.09. The number of anilines is 1. The molecular weight excluding hydrogens is 362 g/mol. The SMILES string of the molecule is CC(C(=O)Nc1ncc(C2CCNCC2)s1)n1nnc(-c2ccccc2)n1. The molecule has 1 fully saturated rings. The molecule has 1 atom stereocenters. The van der Waals surface area contributed by atoms with Crippen molar-refractivity contribution in [3.63, 3.8) is 0 Å². The Balaban J connectivity index is 1.41. The molecule has 0 radical (unpaired) electrons. The van der Waals surface area contributed by atoms with Gasteiger partial charge in [-0.25, -0.2) is 4.98 Å². The highest BCUT2D eigenvalue weighted by Gasteiger charge is 2.22. The van der Waals surface area contributed by atoms with E-state index in [-0.39, 0.29) is 5.91 Å². The highest BCUT2D eigenvalue weighted by Crippen LogP contribution is 2.31. The Hall–Kier alpha value is -2.65. The second kappa shape index (κ2) is 7.93. The lowest BCUT2D eigenvalue weighted by atomic mass is 9.97. The van der Waals surface area contributed by atoms with E-state index in [1.165, 1.54) is 9.67 Å². The molecule has 1 aliphatic heterocycles. The largest absolute Gasteiger partial charge is 0.317 e. The lowest BCUT2D eigenvalue weighted by Crippen LogP contribution is -2.26. The van der Waals surface area contributed by atoms with E-state index < -0.39 is 6.04 Å². The fourth-order valence-electron chi connectivity index (χ4n) is 3.05. The van der Waals surface area contributed by atoms with E-state index in [1.54, 1.807) is 18.3 Å². The Bertz CT molecular complexity index is 901. The zero-order valence-electron chi connectivity index (χ0n) is 15.0. The monoisotopic (exact) mass is 383 g/mol. The first-order valence-corrected chi connectivity index (χ1v) is 9.84. The summed E-state index contributed by atoms with van der Waals surface area (Å²) in [7, 11) is 0. The lowest BCUT2D eigenvalue weighted by Gasteiger charge is -2.20. The van der Waals surface area contributed by atoms with Crippen molar-refractivity contribution >= 4 is 22.4 Å². The molecule has 1 amide bonds. The Morgan fingerprint density at radius 1 is 1.30 bits per heavy atom. The van der Waals surface area contributed by atoms with Gasteiger partial charge in [-0.2, -0.15) is 4.80 Å². The molecule has 2 N–H and O–H groups in total. The quantitative estimate of drug-likeness (QED) is 0.702. The number of hydrogen-bond acceptors (Lipinski definition) is 7. The number of rotatable bonds is 5. The Labute approximate surface area is 161 Å². The zero-order chi connectivity index (χ0) is 18.6. The van der Waals surface area contributed by atoms with Gasteiger partial charge in [-0.3, -0.25) is 4.79 Å². The smallest absolute Gasteiger partial charge is 0.252 e. The molecule has 0 aliphatic carbocycles. The molecule has 2 aromatic heterocycles. The van der Waals surface area contributed by atoms with Crippen molar-refractivity contribution in [1.82, 2.24) is 30.5 Å². The number of benzene rings is 1. The molecule has 9 heteroatoms. The van der Waals surface area contributed by atoms with Gasteiger partial charge in [0.25, 0.3) is 5.91 Å². The van der Waals surface area contributed by atoms with Crippen LogP contribution in [0.5, 0.6) is 0 Å². The van der Waals surface area contributed by atoms with Crippen molar-refractivity contribution in [3.05, 3.63) is 41.4 Å². The maximum Gasteiger partial charge on any atom is 0.252 e. The summed E-state index contributed by atoms with van der Waals surface area (Å²) in [5.41, 5.74) is 0.864. The summed E-state index contributed by atoms with van der Waals surface area (Å²) < 4.78 is 0. The Morgan fingerprint density at radius 3 is 2.85 bits per heavy atom. The molecule has 1 aromatic carbocycles. The third-order valence-electron chi connectivity index (χ3n) is 4.68. The van der Waals surface area contributed by atoms with Crippen LogP contribution in [0.2, 0.25) is 0 Å². The van der Waals surface area contributed by atoms with Crippen LogP contribution in [-0.4, -0.2) is 44.2 Å². The molecule has 0 saturated carbocycles. The Morgan fingerprint density at radius 2 is 2.07 bits per heavy atom. The van der Waals surface area contributed by atoms with E-state index in [0.717, 1.165) is 31.5 Å². The minimum atomic E-state index is -0.582. The molecular formula is C18H21N7OS. The molecule has 1 unspecified atom stereocenters. The van der Waals surface area contributed by atoms with Crippen LogP contribution in [0.4, 0.5) is 5.13 Å². The van der Waals surface area contributed by atoms with Gasteiger partial charge in [0.05, 0.1) is 0 Å². The third-order valence-corrected chi connectivity index (χ3v) is 5.76. The van der Waals surface area contributed by atoms with Crippen LogP contribution in [0, 0.1) is 0 Å². The second-order valence-electron chi connectivity index (χ2n) is 6.56. The first-order chi connectivity index (χ1) is 13.2. The molecule has 4 rings (SSSR count). The van der Waals surface area contributed by atoms with Crippen molar-refractivity contribution in [2.45, 2.75) is 31.7 Å². The number of carbonyl (C=O) groups excluding carboxylic acids is 1. The summed E-state index contributed by atoms with van der Waals surface area (Å²) in [6, 6.07) is 8.98. The number of amides is 1. The van der Waals surface area contributed by atoms with Crippen LogP contribution in [-0.2, 0) is 4.79 Å². The summed E-state index contributed by atoms with van der Waals surface area (Å²) in [4.78, 5) is 19.5.